The zero-order chi connectivity index (χ0) is 21.7. The lowest BCUT2D eigenvalue weighted by Crippen LogP contribution is -2.42. The first-order chi connectivity index (χ1) is 14.3. The zero-order valence-corrected chi connectivity index (χ0v) is 19.0. The molecule has 0 aliphatic heterocycles. The van der Waals surface area contributed by atoms with E-state index >= 15 is 0 Å². The minimum atomic E-state index is -3.87. The smallest absolute Gasteiger partial charge is 0.264 e. The molecule has 162 valence electrons. The topological polar surface area (TPSA) is 66.5 Å². The summed E-state index contributed by atoms with van der Waals surface area (Å²) < 4.78 is 28.1. The van der Waals surface area contributed by atoms with Crippen molar-refractivity contribution in [3.63, 3.8) is 0 Å². The van der Waals surface area contributed by atoms with Gasteiger partial charge < -0.3 is 5.32 Å². The highest BCUT2D eigenvalue weighted by molar-refractivity contribution is 7.92. The van der Waals surface area contributed by atoms with Gasteiger partial charge in [0.2, 0.25) is 5.91 Å². The maximum Gasteiger partial charge on any atom is 0.264 e. The summed E-state index contributed by atoms with van der Waals surface area (Å²) in [5.74, 6) is 0.224. The Kier molecular flexibility index (Phi) is 7.19. The predicted molar refractivity (Wildman–Crippen MR) is 121 cm³/mol. The molecule has 1 aliphatic rings. The highest BCUT2D eigenvalue weighted by Crippen LogP contribution is 2.26. The molecule has 1 saturated carbocycles. The Morgan fingerprint density at radius 2 is 1.53 bits per heavy atom. The number of hydrogen-bond donors (Lipinski definition) is 1. The maximum atomic E-state index is 13.5. The fraction of sp³-hybridized carbons (Fsp3) is 0.458. The van der Waals surface area contributed by atoms with E-state index in [1.165, 1.54) is 23.6 Å². The average molecular weight is 429 g/mol. The number of nitrogens with zero attached hydrogens (tertiary/aromatic N) is 1. The average Bonchev–Trinajstić information content (AvgIpc) is 2.70. The number of amides is 1. The summed E-state index contributed by atoms with van der Waals surface area (Å²) in [6.45, 7) is 6.15. The molecule has 0 atom stereocenters. The van der Waals surface area contributed by atoms with E-state index in [2.05, 4.69) is 5.32 Å². The Hall–Kier alpha value is -2.34. The SMILES string of the molecule is Cc1ccc(S(=O)(=O)N(CC(=O)NCC2CCCCC2)c2cc(C)cc(C)c2)cc1. The minimum Gasteiger partial charge on any atom is -0.354 e. The molecule has 2 aromatic rings. The lowest BCUT2D eigenvalue weighted by molar-refractivity contribution is -0.119. The summed E-state index contributed by atoms with van der Waals surface area (Å²) in [5.41, 5.74) is 3.41. The van der Waals surface area contributed by atoms with Gasteiger partial charge in [0.1, 0.15) is 6.54 Å². The van der Waals surface area contributed by atoms with Gasteiger partial charge in [-0.25, -0.2) is 8.42 Å². The summed E-state index contributed by atoms with van der Waals surface area (Å²) in [7, 11) is -3.87. The van der Waals surface area contributed by atoms with Gasteiger partial charge in [-0.3, -0.25) is 9.10 Å². The standard InChI is InChI=1S/C24H32N2O3S/c1-18-9-11-23(12-10-18)30(28,29)26(22-14-19(2)13-20(3)15-22)17-24(27)25-16-21-7-5-4-6-8-21/h9-15,21H,4-8,16-17H2,1-3H3,(H,25,27). The number of carbonyl (C=O) groups excluding carboxylic acids is 1. The van der Waals surface area contributed by atoms with Crippen molar-refractivity contribution in [3.05, 3.63) is 59.2 Å². The fourth-order valence-electron chi connectivity index (χ4n) is 4.08. The summed E-state index contributed by atoms with van der Waals surface area (Å²) in [4.78, 5) is 12.9. The van der Waals surface area contributed by atoms with Gasteiger partial charge in [-0.05, 0) is 74.9 Å². The first-order valence-corrected chi connectivity index (χ1v) is 12.1. The Bertz CT molecular complexity index is 958. The van der Waals surface area contributed by atoms with Gasteiger partial charge in [-0.1, -0.05) is 43.0 Å². The third kappa shape index (κ3) is 5.63. The second kappa shape index (κ2) is 9.65. The van der Waals surface area contributed by atoms with Gasteiger partial charge in [-0.2, -0.15) is 0 Å². The molecule has 0 heterocycles. The normalized spacial score (nSPS) is 15.0. The van der Waals surface area contributed by atoms with E-state index in [9.17, 15) is 13.2 Å². The van der Waals surface area contributed by atoms with E-state index in [4.69, 9.17) is 0 Å². The van der Waals surface area contributed by atoms with Gasteiger partial charge >= 0.3 is 0 Å². The molecule has 5 nitrogen and oxygen atoms in total. The third-order valence-corrected chi connectivity index (χ3v) is 7.49. The summed E-state index contributed by atoms with van der Waals surface area (Å²) in [6.07, 6.45) is 5.93. The lowest BCUT2D eigenvalue weighted by Gasteiger charge is -2.26. The maximum absolute atomic E-state index is 13.5. The summed E-state index contributed by atoms with van der Waals surface area (Å²) >= 11 is 0. The number of rotatable bonds is 7. The summed E-state index contributed by atoms with van der Waals surface area (Å²) in [6, 6.07) is 12.4. The molecule has 1 aliphatic carbocycles. The largest absolute Gasteiger partial charge is 0.354 e. The molecule has 1 amide bonds. The molecular weight excluding hydrogens is 396 g/mol. The Balaban J connectivity index is 1.85. The van der Waals surface area contributed by atoms with Gasteiger partial charge in [0, 0.05) is 6.54 Å². The van der Waals surface area contributed by atoms with E-state index in [-0.39, 0.29) is 17.3 Å². The Labute approximate surface area is 180 Å². The molecule has 0 unspecified atom stereocenters. The Morgan fingerprint density at radius 1 is 0.933 bits per heavy atom. The molecule has 0 aromatic heterocycles. The van der Waals surface area contributed by atoms with E-state index < -0.39 is 10.0 Å². The number of anilines is 1. The minimum absolute atomic E-state index is 0.187. The van der Waals surface area contributed by atoms with E-state index in [0.29, 0.717) is 18.2 Å². The quantitative estimate of drug-likeness (QED) is 0.706. The van der Waals surface area contributed by atoms with E-state index in [0.717, 1.165) is 29.5 Å². The van der Waals surface area contributed by atoms with Crippen LogP contribution in [0.3, 0.4) is 0 Å². The number of carbonyl (C=O) groups is 1. The molecular formula is C24H32N2O3S. The van der Waals surface area contributed by atoms with Crippen molar-refractivity contribution in [2.24, 2.45) is 5.92 Å². The van der Waals surface area contributed by atoms with Crippen LogP contribution in [0.5, 0.6) is 0 Å². The van der Waals surface area contributed by atoms with Crippen LogP contribution in [0.2, 0.25) is 0 Å². The molecule has 0 bridgehead atoms. The van der Waals surface area contributed by atoms with Crippen LogP contribution in [0.25, 0.3) is 0 Å². The van der Waals surface area contributed by atoms with Crippen molar-refractivity contribution < 1.29 is 13.2 Å². The van der Waals surface area contributed by atoms with Gasteiger partial charge in [-0.15, -0.1) is 0 Å². The van der Waals surface area contributed by atoms with Crippen molar-refractivity contribution >= 4 is 21.6 Å². The molecule has 0 spiro atoms. The molecule has 0 saturated heterocycles. The molecule has 1 N–H and O–H groups in total. The second-order valence-electron chi connectivity index (χ2n) is 8.48. The van der Waals surface area contributed by atoms with E-state index in [1.807, 2.05) is 39.0 Å². The highest BCUT2D eigenvalue weighted by Gasteiger charge is 2.28. The van der Waals surface area contributed by atoms with Crippen LogP contribution in [0.4, 0.5) is 5.69 Å². The molecule has 2 aromatic carbocycles. The van der Waals surface area contributed by atoms with Crippen molar-refractivity contribution in [1.82, 2.24) is 5.32 Å². The molecule has 6 heteroatoms. The van der Waals surface area contributed by atoms with Crippen molar-refractivity contribution in [1.29, 1.82) is 0 Å². The number of benzene rings is 2. The van der Waals surface area contributed by atoms with Crippen LogP contribution in [0.1, 0.15) is 48.8 Å². The third-order valence-electron chi connectivity index (χ3n) is 5.70. The van der Waals surface area contributed by atoms with Crippen molar-refractivity contribution in [3.8, 4) is 0 Å². The molecule has 0 radical (unpaired) electrons. The van der Waals surface area contributed by atoms with Crippen LogP contribution in [-0.2, 0) is 14.8 Å². The molecule has 3 rings (SSSR count). The van der Waals surface area contributed by atoms with Gasteiger partial charge in [0.25, 0.3) is 10.0 Å². The number of nitrogens with one attached hydrogen (secondary N) is 1. The fourth-order valence-corrected chi connectivity index (χ4v) is 5.49. The van der Waals surface area contributed by atoms with Crippen molar-refractivity contribution in [2.75, 3.05) is 17.4 Å². The van der Waals surface area contributed by atoms with Crippen LogP contribution in [-0.4, -0.2) is 27.4 Å². The summed E-state index contributed by atoms with van der Waals surface area (Å²) in [5, 5.41) is 2.97. The zero-order valence-electron chi connectivity index (χ0n) is 18.1. The first-order valence-electron chi connectivity index (χ1n) is 10.7. The molecule has 1 fully saturated rings. The lowest BCUT2D eigenvalue weighted by atomic mass is 9.89. The predicted octanol–water partition coefficient (Wildman–Crippen LogP) is 4.50. The van der Waals surface area contributed by atoms with E-state index in [1.54, 1.807) is 24.3 Å². The monoisotopic (exact) mass is 428 g/mol. The second-order valence-corrected chi connectivity index (χ2v) is 10.3. The van der Waals surface area contributed by atoms with Crippen LogP contribution in [0, 0.1) is 26.7 Å². The number of aryl methyl sites for hydroxylation is 3. The molecule has 30 heavy (non-hydrogen) atoms. The van der Waals surface area contributed by atoms with Crippen molar-refractivity contribution in [2.45, 2.75) is 57.8 Å². The van der Waals surface area contributed by atoms with Gasteiger partial charge in [0.05, 0.1) is 10.6 Å². The number of sulfonamides is 1. The Morgan fingerprint density at radius 3 is 2.13 bits per heavy atom. The van der Waals surface area contributed by atoms with Crippen LogP contribution >= 0.6 is 0 Å². The van der Waals surface area contributed by atoms with Crippen LogP contribution < -0.4 is 9.62 Å². The van der Waals surface area contributed by atoms with Crippen LogP contribution in [0.15, 0.2) is 47.4 Å². The van der Waals surface area contributed by atoms with Gasteiger partial charge in [0.15, 0.2) is 0 Å². The number of hydrogen-bond acceptors (Lipinski definition) is 3. The first kappa shape index (κ1) is 22.3. The highest BCUT2D eigenvalue weighted by atomic mass is 32.2.